The molecule has 0 saturated heterocycles. The average Bonchev–Trinajstić information content (AvgIpc) is 3.45. The van der Waals surface area contributed by atoms with Gasteiger partial charge in [0.05, 0.1) is 23.0 Å². The van der Waals surface area contributed by atoms with E-state index in [9.17, 15) is 4.79 Å². The molecule has 1 amide bonds. The van der Waals surface area contributed by atoms with Crippen molar-refractivity contribution < 1.29 is 13.6 Å². The Morgan fingerprint density at radius 1 is 0.967 bits per heavy atom. The number of hydrogen-bond acceptors (Lipinski definition) is 6. The lowest BCUT2D eigenvalue weighted by Crippen LogP contribution is -2.13. The van der Waals surface area contributed by atoms with Crippen LogP contribution >= 0.6 is 11.6 Å². The lowest BCUT2D eigenvalue weighted by Gasteiger charge is -2.09. The van der Waals surface area contributed by atoms with Gasteiger partial charge in [0.1, 0.15) is 0 Å². The first-order valence-electron chi connectivity index (χ1n) is 9.02. The SMILES string of the molecule is O=C(Nc1nnc(-c2ccco2)o1)c1cc(-c2cccc(Cl)c2)nc2ccccc12. The maximum absolute atomic E-state index is 13.1. The highest BCUT2D eigenvalue weighted by atomic mass is 35.5. The summed E-state index contributed by atoms with van der Waals surface area (Å²) >= 11 is 6.12. The Balaban J connectivity index is 1.53. The van der Waals surface area contributed by atoms with Gasteiger partial charge in [-0.1, -0.05) is 47.0 Å². The van der Waals surface area contributed by atoms with Crippen LogP contribution in [0, 0.1) is 0 Å². The molecule has 0 aliphatic heterocycles. The van der Waals surface area contributed by atoms with Gasteiger partial charge in [-0.25, -0.2) is 4.98 Å². The van der Waals surface area contributed by atoms with E-state index in [0.29, 0.717) is 32.9 Å². The fraction of sp³-hybridized carbons (Fsp3) is 0. The first kappa shape index (κ1) is 18.1. The van der Waals surface area contributed by atoms with Crippen molar-refractivity contribution in [2.75, 3.05) is 5.32 Å². The third kappa shape index (κ3) is 3.42. The van der Waals surface area contributed by atoms with E-state index in [1.807, 2.05) is 36.4 Å². The minimum atomic E-state index is -0.397. The van der Waals surface area contributed by atoms with Gasteiger partial charge < -0.3 is 8.83 Å². The quantitative estimate of drug-likeness (QED) is 0.418. The number of anilines is 1. The van der Waals surface area contributed by atoms with Gasteiger partial charge in [-0.2, -0.15) is 0 Å². The monoisotopic (exact) mass is 416 g/mol. The summed E-state index contributed by atoms with van der Waals surface area (Å²) in [6.07, 6.45) is 1.50. The number of aromatic nitrogens is 3. The number of carbonyl (C=O) groups is 1. The minimum absolute atomic E-state index is 0.0309. The van der Waals surface area contributed by atoms with Crippen molar-refractivity contribution >= 4 is 34.4 Å². The van der Waals surface area contributed by atoms with Crippen LogP contribution in [0.2, 0.25) is 5.02 Å². The molecule has 3 aromatic heterocycles. The second kappa shape index (κ2) is 7.46. The molecular formula is C22H13ClN4O3. The number of pyridine rings is 1. The van der Waals surface area contributed by atoms with E-state index in [-0.39, 0.29) is 11.9 Å². The number of amides is 1. The van der Waals surface area contributed by atoms with Gasteiger partial charge in [0.25, 0.3) is 11.8 Å². The fourth-order valence-electron chi connectivity index (χ4n) is 3.10. The molecule has 3 heterocycles. The Labute approximate surface area is 175 Å². The van der Waals surface area contributed by atoms with Crippen molar-refractivity contribution in [3.8, 4) is 22.9 Å². The highest BCUT2D eigenvalue weighted by Crippen LogP contribution is 2.27. The molecule has 5 aromatic rings. The molecule has 0 spiro atoms. The second-order valence-electron chi connectivity index (χ2n) is 6.43. The standard InChI is InChI=1S/C22H13ClN4O3/c23-14-6-3-5-13(11-14)18-12-16(15-7-1-2-8-17(15)24-18)20(28)25-22-27-26-21(30-22)19-9-4-10-29-19/h1-12H,(H,25,27,28). The highest BCUT2D eigenvalue weighted by Gasteiger charge is 2.18. The molecule has 0 saturated carbocycles. The number of para-hydroxylation sites is 1. The molecule has 1 N–H and O–H groups in total. The van der Waals surface area contributed by atoms with Gasteiger partial charge in [0.15, 0.2) is 5.76 Å². The average molecular weight is 417 g/mol. The molecule has 2 aromatic carbocycles. The van der Waals surface area contributed by atoms with Crippen LogP contribution in [0.1, 0.15) is 10.4 Å². The van der Waals surface area contributed by atoms with Gasteiger partial charge in [-0.15, -0.1) is 5.10 Å². The van der Waals surface area contributed by atoms with Gasteiger partial charge in [0, 0.05) is 16.0 Å². The molecule has 0 aliphatic carbocycles. The van der Waals surface area contributed by atoms with Gasteiger partial charge in [-0.3, -0.25) is 10.1 Å². The third-order valence-electron chi connectivity index (χ3n) is 4.46. The number of fused-ring (bicyclic) bond motifs is 1. The van der Waals surface area contributed by atoms with Crippen molar-refractivity contribution in [1.82, 2.24) is 15.2 Å². The van der Waals surface area contributed by atoms with E-state index in [1.54, 1.807) is 30.3 Å². The van der Waals surface area contributed by atoms with E-state index in [0.717, 1.165) is 5.56 Å². The van der Waals surface area contributed by atoms with Crippen LogP contribution in [0.15, 0.2) is 81.8 Å². The van der Waals surface area contributed by atoms with Crippen LogP contribution in [0.5, 0.6) is 0 Å². The van der Waals surface area contributed by atoms with Crippen LogP contribution in [-0.4, -0.2) is 21.1 Å². The summed E-state index contributed by atoms with van der Waals surface area (Å²) in [5.41, 5.74) is 2.54. The van der Waals surface area contributed by atoms with Crippen molar-refractivity contribution in [1.29, 1.82) is 0 Å². The van der Waals surface area contributed by atoms with Crippen LogP contribution in [0.4, 0.5) is 6.01 Å². The molecule has 0 aliphatic rings. The molecule has 5 rings (SSSR count). The van der Waals surface area contributed by atoms with E-state index in [4.69, 9.17) is 20.4 Å². The van der Waals surface area contributed by atoms with Crippen LogP contribution < -0.4 is 5.32 Å². The molecule has 0 bridgehead atoms. The van der Waals surface area contributed by atoms with E-state index in [2.05, 4.69) is 20.5 Å². The zero-order valence-electron chi connectivity index (χ0n) is 15.4. The van der Waals surface area contributed by atoms with Crippen LogP contribution in [0.3, 0.4) is 0 Å². The minimum Gasteiger partial charge on any atom is -0.459 e. The summed E-state index contributed by atoms with van der Waals surface area (Å²) in [6, 6.07) is 19.8. The molecule has 0 radical (unpaired) electrons. The normalized spacial score (nSPS) is 11.0. The largest absolute Gasteiger partial charge is 0.459 e. The smallest absolute Gasteiger partial charge is 0.322 e. The van der Waals surface area contributed by atoms with Crippen LogP contribution in [0.25, 0.3) is 33.8 Å². The topological polar surface area (TPSA) is 94.1 Å². The predicted octanol–water partition coefficient (Wildman–Crippen LogP) is 5.45. The highest BCUT2D eigenvalue weighted by molar-refractivity contribution is 6.30. The zero-order chi connectivity index (χ0) is 20.5. The molecule has 8 heteroatoms. The Morgan fingerprint density at radius 2 is 1.87 bits per heavy atom. The number of halogens is 1. The first-order chi connectivity index (χ1) is 14.7. The summed E-state index contributed by atoms with van der Waals surface area (Å²) in [5, 5.41) is 11.7. The molecule has 0 fully saturated rings. The predicted molar refractivity (Wildman–Crippen MR) is 112 cm³/mol. The zero-order valence-corrected chi connectivity index (χ0v) is 16.1. The second-order valence-corrected chi connectivity index (χ2v) is 6.86. The Kier molecular flexibility index (Phi) is 4.49. The van der Waals surface area contributed by atoms with Crippen molar-refractivity contribution in [3.05, 3.63) is 83.6 Å². The van der Waals surface area contributed by atoms with Crippen molar-refractivity contribution in [2.45, 2.75) is 0 Å². The molecular weight excluding hydrogens is 404 g/mol. The lowest BCUT2D eigenvalue weighted by atomic mass is 10.0. The summed E-state index contributed by atoms with van der Waals surface area (Å²) < 4.78 is 10.7. The molecule has 7 nitrogen and oxygen atoms in total. The fourth-order valence-corrected chi connectivity index (χ4v) is 3.29. The van der Waals surface area contributed by atoms with Crippen LogP contribution in [-0.2, 0) is 0 Å². The molecule has 0 unspecified atom stereocenters. The number of nitrogens with zero attached hydrogens (tertiary/aromatic N) is 3. The van der Waals surface area contributed by atoms with Gasteiger partial charge in [-0.05, 0) is 36.4 Å². The Morgan fingerprint density at radius 3 is 2.70 bits per heavy atom. The van der Waals surface area contributed by atoms with Gasteiger partial charge in [0.2, 0.25) is 0 Å². The van der Waals surface area contributed by atoms with E-state index >= 15 is 0 Å². The summed E-state index contributed by atoms with van der Waals surface area (Å²) in [7, 11) is 0. The van der Waals surface area contributed by atoms with E-state index in [1.165, 1.54) is 6.26 Å². The molecule has 146 valence electrons. The van der Waals surface area contributed by atoms with Crippen molar-refractivity contribution in [2.24, 2.45) is 0 Å². The first-order valence-corrected chi connectivity index (χ1v) is 9.39. The number of benzene rings is 2. The maximum Gasteiger partial charge on any atom is 0.322 e. The number of nitrogens with one attached hydrogen (secondary N) is 1. The number of rotatable bonds is 4. The number of furan rings is 1. The Bertz CT molecular complexity index is 1360. The summed E-state index contributed by atoms with van der Waals surface area (Å²) in [6.45, 7) is 0. The summed E-state index contributed by atoms with van der Waals surface area (Å²) in [4.78, 5) is 17.7. The lowest BCUT2D eigenvalue weighted by molar-refractivity contribution is 0.102. The molecule has 0 atom stereocenters. The van der Waals surface area contributed by atoms with E-state index < -0.39 is 5.91 Å². The number of carbonyl (C=O) groups excluding carboxylic acids is 1. The number of hydrogen-bond donors (Lipinski definition) is 1. The summed E-state index contributed by atoms with van der Waals surface area (Å²) in [5.74, 6) is 0.196. The molecule has 30 heavy (non-hydrogen) atoms. The van der Waals surface area contributed by atoms with Gasteiger partial charge >= 0.3 is 6.01 Å². The third-order valence-corrected chi connectivity index (χ3v) is 4.69. The maximum atomic E-state index is 13.1. The Hall–Kier alpha value is -3.97. The van der Waals surface area contributed by atoms with Crippen molar-refractivity contribution in [3.63, 3.8) is 0 Å².